The van der Waals surface area contributed by atoms with E-state index in [0.717, 1.165) is 58.5 Å². The van der Waals surface area contributed by atoms with Crippen molar-refractivity contribution < 1.29 is 0 Å². The summed E-state index contributed by atoms with van der Waals surface area (Å²) in [7, 11) is 0. The second kappa shape index (κ2) is 9.88. The molecule has 2 aromatic heterocycles. The highest BCUT2D eigenvalue weighted by atomic mass is 16.1. The lowest BCUT2D eigenvalue weighted by atomic mass is 10.2. The van der Waals surface area contributed by atoms with Gasteiger partial charge in [0.15, 0.2) is 11.5 Å². The van der Waals surface area contributed by atoms with Crippen LogP contribution in [0.3, 0.4) is 0 Å². The van der Waals surface area contributed by atoms with Gasteiger partial charge in [-0.1, -0.05) is 20.3 Å². The lowest BCUT2D eigenvalue weighted by molar-refractivity contribution is 0.130. The van der Waals surface area contributed by atoms with Gasteiger partial charge in [0.2, 0.25) is 5.95 Å². The molecule has 1 aliphatic heterocycles. The molecule has 2 aromatic rings. The summed E-state index contributed by atoms with van der Waals surface area (Å²) in [4.78, 5) is 29.0. The molecule has 3 rings (SSSR count). The second-order valence-corrected chi connectivity index (χ2v) is 7.53. The van der Waals surface area contributed by atoms with Crippen LogP contribution in [0.25, 0.3) is 11.2 Å². The van der Waals surface area contributed by atoms with Crippen LogP contribution in [0.15, 0.2) is 4.79 Å². The number of hydrogen-bond acceptors (Lipinski definition) is 7. The zero-order valence-electron chi connectivity index (χ0n) is 17.2. The molecule has 0 spiro atoms. The molecule has 4 N–H and O–H groups in total. The number of fused-ring (bicyclic) bond motifs is 1. The van der Waals surface area contributed by atoms with Crippen molar-refractivity contribution in [3.05, 3.63) is 10.5 Å². The fourth-order valence-corrected chi connectivity index (χ4v) is 3.72. The molecule has 9 heteroatoms. The van der Waals surface area contributed by atoms with E-state index in [-0.39, 0.29) is 5.69 Å². The highest BCUT2D eigenvalue weighted by molar-refractivity contribution is 5.82. The Hall–Kier alpha value is -2.13. The first-order valence-electron chi connectivity index (χ1n) is 10.6. The molecule has 156 valence electrons. The normalized spacial score (nSPS) is 16.1. The molecule has 0 bridgehead atoms. The van der Waals surface area contributed by atoms with Gasteiger partial charge in [-0.05, 0) is 32.4 Å². The summed E-state index contributed by atoms with van der Waals surface area (Å²) in [6.07, 6.45) is 4.24. The number of hydrogen-bond donors (Lipinski definition) is 3. The van der Waals surface area contributed by atoms with Gasteiger partial charge in [0, 0.05) is 39.3 Å². The van der Waals surface area contributed by atoms with E-state index in [9.17, 15) is 4.79 Å². The first kappa shape index (κ1) is 20.6. The van der Waals surface area contributed by atoms with Gasteiger partial charge in [-0.2, -0.15) is 9.97 Å². The van der Waals surface area contributed by atoms with Crippen molar-refractivity contribution in [3.8, 4) is 0 Å². The number of rotatable bonds is 10. The maximum absolute atomic E-state index is 12.4. The fraction of sp³-hybridized carbons (Fsp3) is 0.737. The number of aromatic amines is 1. The van der Waals surface area contributed by atoms with Crippen LogP contribution in [-0.4, -0.2) is 75.1 Å². The Labute approximate surface area is 166 Å². The minimum atomic E-state index is -0.172. The molecule has 0 aromatic carbocycles. The van der Waals surface area contributed by atoms with Crippen molar-refractivity contribution in [2.75, 3.05) is 56.9 Å². The van der Waals surface area contributed by atoms with E-state index in [1.54, 1.807) is 4.57 Å². The summed E-state index contributed by atoms with van der Waals surface area (Å²) in [5, 5.41) is 3.19. The fourth-order valence-electron chi connectivity index (χ4n) is 3.72. The highest BCUT2D eigenvalue weighted by Gasteiger charge is 2.17. The van der Waals surface area contributed by atoms with Crippen molar-refractivity contribution in [1.82, 2.24) is 29.3 Å². The molecule has 0 atom stereocenters. The molecule has 9 nitrogen and oxygen atoms in total. The molecule has 28 heavy (non-hydrogen) atoms. The van der Waals surface area contributed by atoms with Crippen LogP contribution in [0.2, 0.25) is 0 Å². The van der Waals surface area contributed by atoms with Gasteiger partial charge < -0.3 is 25.8 Å². The zero-order chi connectivity index (χ0) is 19.9. The van der Waals surface area contributed by atoms with Gasteiger partial charge in [0.1, 0.15) is 5.52 Å². The summed E-state index contributed by atoms with van der Waals surface area (Å²) in [5.41, 5.74) is 6.98. The average molecular weight is 391 g/mol. The lowest BCUT2D eigenvalue weighted by Crippen LogP contribution is -2.46. The number of aryl methyl sites for hydroxylation is 1. The second-order valence-electron chi connectivity index (χ2n) is 7.53. The largest absolute Gasteiger partial charge is 0.382 e. The third kappa shape index (κ3) is 5.02. The van der Waals surface area contributed by atoms with Gasteiger partial charge in [0.25, 0.3) is 0 Å². The number of piperazine rings is 1. The molecule has 1 aliphatic rings. The van der Waals surface area contributed by atoms with E-state index in [0.29, 0.717) is 29.5 Å². The van der Waals surface area contributed by atoms with Crippen LogP contribution in [0.1, 0.15) is 39.5 Å². The first-order chi connectivity index (χ1) is 13.6. The van der Waals surface area contributed by atoms with Gasteiger partial charge >= 0.3 is 5.69 Å². The maximum Gasteiger partial charge on any atom is 0.327 e. The van der Waals surface area contributed by atoms with Gasteiger partial charge in [-0.25, -0.2) is 4.79 Å². The summed E-state index contributed by atoms with van der Waals surface area (Å²) in [5.74, 6) is 0.796. The Kier molecular flexibility index (Phi) is 7.27. The predicted molar refractivity (Wildman–Crippen MR) is 114 cm³/mol. The van der Waals surface area contributed by atoms with E-state index in [1.807, 2.05) is 0 Å². The molecule has 0 amide bonds. The summed E-state index contributed by atoms with van der Waals surface area (Å²) < 4.78 is 1.69. The Morgan fingerprint density at radius 1 is 1.00 bits per heavy atom. The summed E-state index contributed by atoms with van der Waals surface area (Å²) in [6.45, 7) is 12.4. The van der Waals surface area contributed by atoms with Crippen LogP contribution in [-0.2, 0) is 6.54 Å². The molecular weight excluding hydrogens is 356 g/mol. The number of nitrogen functional groups attached to an aromatic ring is 1. The lowest BCUT2D eigenvalue weighted by Gasteiger charge is -2.34. The smallest absolute Gasteiger partial charge is 0.327 e. The van der Waals surface area contributed by atoms with Gasteiger partial charge in [-0.3, -0.25) is 4.57 Å². The quantitative estimate of drug-likeness (QED) is 0.525. The molecular formula is C19H34N8O. The van der Waals surface area contributed by atoms with Crippen molar-refractivity contribution in [2.24, 2.45) is 0 Å². The molecule has 0 unspecified atom stereocenters. The summed E-state index contributed by atoms with van der Waals surface area (Å²) >= 11 is 0. The standard InChI is InChI=1S/C19H34N8O/c1-3-5-7-21-18-23-16(20)15-17(24-18)27(19(28)22-15)10-6-9-26-13-11-25(8-4-2)12-14-26/h3-14H2,1-2H3,(H,22,28)(H3,20,21,23,24). The third-order valence-corrected chi connectivity index (χ3v) is 5.32. The van der Waals surface area contributed by atoms with E-state index in [4.69, 9.17) is 5.73 Å². The Morgan fingerprint density at radius 3 is 2.39 bits per heavy atom. The third-order valence-electron chi connectivity index (χ3n) is 5.32. The molecule has 3 heterocycles. The Bertz CT molecular complexity index is 806. The Balaban J connectivity index is 1.61. The van der Waals surface area contributed by atoms with Crippen LogP contribution in [0, 0.1) is 0 Å². The average Bonchev–Trinajstić information content (AvgIpc) is 3.00. The minimum Gasteiger partial charge on any atom is -0.382 e. The number of aromatic nitrogens is 4. The van der Waals surface area contributed by atoms with Crippen molar-refractivity contribution in [2.45, 2.75) is 46.1 Å². The SMILES string of the molecule is CCCCNc1nc(N)c2[nH]c(=O)n(CCCN3CCN(CCC)CC3)c2n1. The number of anilines is 2. The molecule has 1 fully saturated rings. The maximum atomic E-state index is 12.4. The highest BCUT2D eigenvalue weighted by Crippen LogP contribution is 2.17. The van der Waals surface area contributed by atoms with Crippen molar-refractivity contribution in [3.63, 3.8) is 0 Å². The minimum absolute atomic E-state index is 0.172. The first-order valence-corrected chi connectivity index (χ1v) is 10.6. The zero-order valence-corrected chi connectivity index (χ0v) is 17.2. The predicted octanol–water partition coefficient (Wildman–Crippen LogP) is 1.33. The van der Waals surface area contributed by atoms with E-state index in [1.165, 1.54) is 13.0 Å². The molecule has 0 aliphatic carbocycles. The molecule has 1 saturated heterocycles. The van der Waals surface area contributed by atoms with E-state index >= 15 is 0 Å². The van der Waals surface area contributed by atoms with E-state index in [2.05, 4.69) is 43.9 Å². The number of imidazole rings is 1. The molecule has 0 saturated carbocycles. The van der Waals surface area contributed by atoms with Crippen LogP contribution in [0.5, 0.6) is 0 Å². The van der Waals surface area contributed by atoms with E-state index < -0.39 is 0 Å². The van der Waals surface area contributed by atoms with Crippen LogP contribution in [0.4, 0.5) is 11.8 Å². The summed E-state index contributed by atoms with van der Waals surface area (Å²) in [6, 6.07) is 0. The van der Waals surface area contributed by atoms with Gasteiger partial charge in [-0.15, -0.1) is 0 Å². The van der Waals surface area contributed by atoms with Crippen LogP contribution < -0.4 is 16.7 Å². The topological polar surface area (TPSA) is 108 Å². The number of H-pyrrole nitrogens is 1. The number of nitrogens with one attached hydrogen (secondary N) is 2. The monoisotopic (exact) mass is 390 g/mol. The number of nitrogens with two attached hydrogens (primary N) is 1. The van der Waals surface area contributed by atoms with Crippen molar-refractivity contribution >= 4 is 22.9 Å². The molecule has 0 radical (unpaired) electrons. The van der Waals surface area contributed by atoms with Crippen molar-refractivity contribution in [1.29, 1.82) is 0 Å². The number of unbranched alkanes of at least 4 members (excludes halogenated alkanes) is 1. The Morgan fingerprint density at radius 2 is 1.71 bits per heavy atom. The van der Waals surface area contributed by atoms with Gasteiger partial charge in [0.05, 0.1) is 0 Å². The van der Waals surface area contributed by atoms with Crippen LogP contribution >= 0.6 is 0 Å². The number of nitrogens with zero attached hydrogens (tertiary/aromatic N) is 5.